The van der Waals surface area contributed by atoms with E-state index in [9.17, 15) is 4.79 Å². The quantitative estimate of drug-likeness (QED) is 0.913. The van der Waals surface area contributed by atoms with Gasteiger partial charge in [0.15, 0.2) is 0 Å². The zero-order valence-electron chi connectivity index (χ0n) is 12.1. The number of hydrogen-bond donors (Lipinski definition) is 1. The maximum absolute atomic E-state index is 11.1. The number of ether oxygens (including phenoxy) is 1. The lowest BCUT2D eigenvalue weighted by Gasteiger charge is -2.26. The molecule has 1 saturated heterocycles. The van der Waals surface area contributed by atoms with E-state index in [0.29, 0.717) is 12.2 Å². The average molecular weight is 289 g/mol. The number of aromatic nitrogens is 2. The number of nitrogens with zero attached hydrogens (tertiary/aromatic N) is 3. The van der Waals surface area contributed by atoms with Crippen LogP contribution in [-0.2, 0) is 22.5 Å². The minimum absolute atomic E-state index is 0.0409. The molecule has 112 valence electrons. The van der Waals surface area contributed by atoms with E-state index in [0.717, 1.165) is 43.3 Å². The molecule has 0 aliphatic carbocycles. The summed E-state index contributed by atoms with van der Waals surface area (Å²) < 4.78 is 7.43. The number of carboxylic acid groups (broad SMARTS) is 1. The normalized spacial score (nSPS) is 16.4. The average Bonchev–Trinajstić information content (AvgIpc) is 2.78. The van der Waals surface area contributed by atoms with Crippen LogP contribution in [-0.4, -0.2) is 51.7 Å². The number of imidazole rings is 1. The number of carbonyl (C=O) groups is 1. The maximum Gasteiger partial charge on any atom is 0.309 e. The first-order valence-corrected chi connectivity index (χ1v) is 7.13. The molecule has 0 bridgehead atoms. The third kappa shape index (κ3) is 2.91. The van der Waals surface area contributed by atoms with Gasteiger partial charge in [-0.2, -0.15) is 0 Å². The van der Waals surface area contributed by atoms with Crippen LogP contribution in [0.15, 0.2) is 18.2 Å². The van der Waals surface area contributed by atoms with Crippen LogP contribution in [0.1, 0.15) is 17.1 Å². The van der Waals surface area contributed by atoms with E-state index in [2.05, 4.69) is 14.3 Å². The van der Waals surface area contributed by atoms with Crippen molar-refractivity contribution in [3.05, 3.63) is 35.3 Å². The first-order valence-electron chi connectivity index (χ1n) is 7.13. The van der Waals surface area contributed by atoms with Crippen LogP contribution in [0.4, 0.5) is 0 Å². The van der Waals surface area contributed by atoms with Gasteiger partial charge in [0.1, 0.15) is 5.65 Å². The smallest absolute Gasteiger partial charge is 0.309 e. The molecule has 3 heterocycles. The molecule has 1 fully saturated rings. The van der Waals surface area contributed by atoms with Gasteiger partial charge in [-0.1, -0.05) is 6.07 Å². The number of fused-ring (bicyclic) bond motifs is 1. The molecule has 21 heavy (non-hydrogen) atoms. The standard InChI is InChI=1S/C15H19N3O3/c1-11-3-2-4-14-16-12(9-15(19)20)13(18(11)14)10-17-5-7-21-8-6-17/h2-4H,5-10H2,1H3,(H,19,20). The fourth-order valence-electron chi connectivity index (χ4n) is 2.79. The molecule has 2 aromatic heterocycles. The van der Waals surface area contributed by atoms with Crippen LogP contribution in [0, 0.1) is 6.92 Å². The summed E-state index contributed by atoms with van der Waals surface area (Å²) in [5.41, 5.74) is 3.52. The van der Waals surface area contributed by atoms with E-state index < -0.39 is 5.97 Å². The molecule has 6 nitrogen and oxygen atoms in total. The topological polar surface area (TPSA) is 67.1 Å². The van der Waals surface area contributed by atoms with Crippen molar-refractivity contribution in [3.63, 3.8) is 0 Å². The lowest BCUT2D eigenvalue weighted by Crippen LogP contribution is -2.36. The monoisotopic (exact) mass is 289 g/mol. The second kappa shape index (κ2) is 5.83. The van der Waals surface area contributed by atoms with Crippen molar-refractivity contribution in [1.82, 2.24) is 14.3 Å². The number of hydrogen-bond acceptors (Lipinski definition) is 4. The number of pyridine rings is 1. The van der Waals surface area contributed by atoms with Crippen molar-refractivity contribution >= 4 is 11.6 Å². The van der Waals surface area contributed by atoms with Gasteiger partial charge < -0.3 is 9.84 Å². The lowest BCUT2D eigenvalue weighted by molar-refractivity contribution is -0.136. The van der Waals surface area contributed by atoms with Gasteiger partial charge in [-0.3, -0.25) is 14.1 Å². The number of aliphatic carboxylic acids is 1. The third-order valence-corrected chi connectivity index (χ3v) is 3.81. The van der Waals surface area contributed by atoms with Crippen LogP contribution in [0.2, 0.25) is 0 Å². The number of rotatable bonds is 4. The van der Waals surface area contributed by atoms with Crippen LogP contribution in [0.25, 0.3) is 5.65 Å². The molecular formula is C15H19N3O3. The molecular weight excluding hydrogens is 270 g/mol. The molecule has 6 heteroatoms. The summed E-state index contributed by atoms with van der Waals surface area (Å²) in [6.07, 6.45) is -0.0409. The van der Waals surface area contributed by atoms with Crippen LogP contribution in [0.3, 0.4) is 0 Å². The van der Waals surface area contributed by atoms with Gasteiger partial charge in [0.25, 0.3) is 0 Å². The van der Waals surface area contributed by atoms with Crippen molar-refractivity contribution in [3.8, 4) is 0 Å². The number of aryl methyl sites for hydroxylation is 1. The van der Waals surface area contributed by atoms with Crippen molar-refractivity contribution in [2.45, 2.75) is 19.9 Å². The maximum atomic E-state index is 11.1. The molecule has 1 aliphatic rings. The van der Waals surface area contributed by atoms with Crippen molar-refractivity contribution in [2.75, 3.05) is 26.3 Å². The summed E-state index contributed by atoms with van der Waals surface area (Å²) in [7, 11) is 0. The summed E-state index contributed by atoms with van der Waals surface area (Å²) >= 11 is 0. The van der Waals surface area contributed by atoms with Gasteiger partial charge >= 0.3 is 5.97 Å². The molecule has 0 amide bonds. The summed E-state index contributed by atoms with van der Waals surface area (Å²) in [4.78, 5) is 17.9. The zero-order chi connectivity index (χ0) is 14.8. The summed E-state index contributed by atoms with van der Waals surface area (Å²) in [6, 6.07) is 5.88. The van der Waals surface area contributed by atoms with Crippen LogP contribution < -0.4 is 0 Å². The van der Waals surface area contributed by atoms with E-state index in [1.165, 1.54) is 0 Å². The number of morpholine rings is 1. The molecule has 0 saturated carbocycles. The second-order valence-corrected chi connectivity index (χ2v) is 5.33. The Morgan fingerprint density at radius 3 is 2.86 bits per heavy atom. The van der Waals surface area contributed by atoms with Crippen LogP contribution in [0.5, 0.6) is 0 Å². The summed E-state index contributed by atoms with van der Waals surface area (Å²) in [5.74, 6) is -0.848. The third-order valence-electron chi connectivity index (χ3n) is 3.81. The molecule has 0 aromatic carbocycles. The Bertz CT molecular complexity index is 659. The fourth-order valence-corrected chi connectivity index (χ4v) is 2.79. The highest BCUT2D eigenvalue weighted by molar-refractivity contribution is 5.70. The van der Waals surface area contributed by atoms with Crippen molar-refractivity contribution in [2.24, 2.45) is 0 Å². The Hall–Kier alpha value is -1.92. The highest BCUT2D eigenvalue weighted by Crippen LogP contribution is 2.18. The molecule has 3 rings (SSSR count). The Kier molecular flexibility index (Phi) is 3.90. The first-order chi connectivity index (χ1) is 10.1. The molecule has 0 unspecified atom stereocenters. The van der Waals surface area contributed by atoms with E-state index in [1.54, 1.807) is 0 Å². The minimum Gasteiger partial charge on any atom is -0.481 e. The van der Waals surface area contributed by atoms with E-state index in [4.69, 9.17) is 9.84 Å². The van der Waals surface area contributed by atoms with E-state index in [1.807, 2.05) is 25.1 Å². The number of carboxylic acids is 1. The van der Waals surface area contributed by atoms with Gasteiger partial charge in [-0.25, -0.2) is 4.98 Å². The Morgan fingerprint density at radius 2 is 2.14 bits per heavy atom. The first kappa shape index (κ1) is 14.0. The van der Waals surface area contributed by atoms with Crippen LogP contribution >= 0.6 is 0 Å². The van der Waals surface area contributed by atoms with Gasteiger partial charge in [0.05, 0.1) is 31.0 Å². The molecule has 0 radical (unpaired) electrons. The zero-order valence-corrected chi connectivity index (χ0v) is 12.1. The predicted molar refractivity (Wildman–Crippen MR) is 77.4 cm³/mol. The SMILES string of the molecule is Cc1cccc2nc(CC(=O)O)c(CN3CCOCC3)n12. The molecule has 0 atom stereocenters. The Morgan fingerprint density at radius 1 is 1.38 bits per heavy atom. The van der Waals surface area contributed by atoms with E-state index in [-0.39, 0.29) is 6.42 Å². The predicted octanol–water partition coefficient (Wildman–Crippen LogP) is 1.10. The van der Waals surface area contributed by atoms with Gasteiger partial charge in [0.2, 0.25) is 0 Å². The van der Waals surface area contributed by atoms with Crippen molar-refractivity contribution < 1.29 is 14.6 Å². The largest absolute Gasteiger partial charge is 0.481 e. The van der Waals surface area contributed by atoms with Gasteiger partial charge in [0, 0.05) is 25.3 Å². The summed E-state index contributed by atoms with van der Waals surface area (Å²) in [5, 5.41) is 9.11. The highest BCUT2D eigenvalue weighted by Gasteiger charge is 2.19. The summed E-state index contributed by atoms with van der Waals surface area (Å²) in [6.45, 7) is 5.91. The molecule has 0 spiro atoms. The molecule has 2 aromatic rings. The molecule has 1 aliphatic heterocycles. The Labute approximate surface area is 123 Å². The van der Waals surface area contributed by atoms with Crippen molar-refractivity contribution in [1.29, 1.82) is 0 Å². The minimum atomic E-state index is -0.848. The second-order valence-electron chi connectivity index (χ2n) is 5.33. The van der Waals surface area contributed by atoms with Gasteiger partial charge in [-0.05, 0) is 19.1 Å². The van der Waals surface area contributed by atoms with E-state index >= 15 is 0 Å². The molecule has 1 N–H and O–H groups in total. The fraction of sp³-hybridized carbons (Fsp3) is 0.467. The lowest BCUT2D eigenvalue weighted by atomic mass is 10.2. The van der Waals surface area contributed by atoms with Gasteiger partial charge in [-0.15, -0.1) is 0 Å². The highest BCUT2D eigenvalue weighted by atomic mass is 16.5. The Balaban J connectivity index is 2.01.